The normalized spacial score (nSPS) is 16.1. The van der Waals surface area contributed by atoms with E-state index in [-0.39, 0.29) is 24.2 Å². The molecule has 0 spiro atoms. The van der Waals surface area contributed by atoms with Crippen molar-refractivity contribution in [2.75, 3.05) is 30.3 Å². The number of fused-ring (bicyclic) bond motifs is 1. The number of rotatable bonds is 10. The lowest BCUT2D eigenvalue weighted by molar-refractivity contribution is -0.140. The number of benzene rings is 2. The van der Waals surface area contributed by atoms with Gasteiger partial charge < -0.3 is 19.7 Å². The molecule has 0 unspecified atom stereocenters. The Labute approximate surface area is 222 Å². The minimum atomic E-state index is -3.88. The van der Waals surface area contributed by atoms with Crippen LogP contribution in [0.3, 0.4) is 0 Å². The summed E-state index contributed by atoms with van der Waals surface area (Å²) >= 11 is 0. The van der Waals surface area contributed by atoms with Gasteiger partial charge in [0.05, 0.1) is 11.9 Å². The van der Waals surface area contributed by atoms with Gasteiger partial charge in [-0.3, -0.25) is 13.9 Å². The smallest absolute Gasteiger partial charge is 0.244 e. The minimum absolute atomic E-state index is 0.0223. The summed E-state index contributed by atoms with van der Waals surface area (Å²) in [5, 5.41) is 3.05. The molecule has 2 aromatic rings. The molecular formula is C27H34FN3O6S. The van der Waals surface area contributed by atoms with Gasteiger partial charge in [0.15, 0.2) is 11.5 Å². The number of carbonyl (C=O) groups is 2. The van der Waals surface area contributed by atoms with Gasteiger partial charge in [0.2, 0.25) is 21.8 Å². The summed E-state index contributed by atoms with van der Waals surface area (Å²) in [4.78, 5) is 28.5. The van der Waals surface area contributed by atoms with Gasteiger partial charge in [0, 0.05) is 18.7 Å². The van der Waals surface area contributed by atoms with Crippen LogP contribution in [0.1, 0.15) is 44.6 Å². The van der Waals surface area contributed by atoms with E-state index in [1.54, 1.807) is 31.2 Å². The Bertz CT molecular complexity index is 1250. The molecule has 1 aliphatic heterocycles. The zero-order valence-corrected chi connectivity index (χ0v) is 22.5. The zero-order chi connectivity index (χ0) is 27.3. The third-order valence-electron chi connectivity index (χ3n) is 6.85. The highest BCUT2D eigenvalue weighted by molar-refractivity contribution is 7.92. The summed E-state index contributed by atoms with van der Waals surface area (Å²) in [7, 11) is -3.88. The number of anilines is 1. The van der Waals surface area contributed by atoms with E-state index in [0.29, 0.717) is 36.7 Å². The summed E-state index contributed by atoms with van der Waals surface area (Å²) in [5.74, 6) is -0.365. The number of nitrogens with zero attached hydrogens (tertiary/aromatic N) is 2. The lowest BCUT2D eigenvalue weighted by atomic mass is 10.1. The molecule has 0 saturated heterocycles. The number of hydrogen-bond acceptors (Lipinski definition) is 6. The van der Waals surface area contributed by atoms with E-state index in [1.807, 2.05) is 0 Å². The third-order valence-corrected chi connectivity index (χ3v) is 7.99. The van der Waals surface area contributed by atoms with E-state index >= 15 is 0 Å². The van der Waals surface area contributed by atoms with Gasteiger partial charge in [0.25, 0.3) is 0 Å². The maximum atomic E-state index is 13.8. The van der Waals surface area contributed by atoms with Crippen molar-refractivity contribution >= 4 is 27.5 Å². The number of amides is 2. The van der Waals surface area contributed by atoms with Crippen LogP contribution in [0.4, 0.5) is 10.1 Å². The van der Waals surface area contributed by atoms with Crippen molar-refractivity contribution in [3.8, 4) is 11.5 Å². The van der Waals surface area contributed by atoms with Gasteiger partial charge in [-0.15, -0.1) is 0 Å². The molecular weight excluding hydrogens is 513 g/mol. The van der Waals surface area contributed by atoms with Crippen LogP contribution in [0.15, 0.2) is 42.5 Å². The monoisotopic (exact) mass is 547 g/mol. The Kier molecular flexibility index (Phi) is 8.76. The first-order valence-corrected chi connectivity index (χ1v) is 14.7. The van der Waals surface area contributed by atoms with Crippen LogP contribution in [0, 0.1) is 5.82 Å². The average molecular weight is 548 g/mol. The maximum Gasteiger partial charge on any atom is 0.244 e. The van der Waals surface area contributed by atoms with Gasteiger partial charge in [-0.2, -0.15) is 0 Å². The average Bonchev–Trinajstić information content (AvgIpc) is 3.40. The van der Waals surface area contributed by atoms with Gasteiger partial charge in [-0.05, 0) is 49.1 Å². The molecule has 1 saturated carbocycles. The summed E-state index contributed by atoms with van der Waals surface area (Å²) in [6.45, 7) is 2.02. The van der Waals surface area contributed by atoms with Crippen LogP contribution in [-0.2, 0) is 26.2 Å². The van der Waals surface area contributed by atoms with E-state index in [1.165, 1.54) is 23.1 Å². The second-order valence-electron chi connectivity index (χ2n) is 9.66. The number of ether oxygens (including phenoxy) is 2. The SMILES string of the molecule is CC[C@H](C(=O)NC1CCCC1)N(Cc1ccc(F)cc1)C(=O)CN(c1ccc2c(c1)OCCO2)S(C)(=O)=O. The second kappa shape index (κ2) is 12.0. The molecule has 0 bridgehead atoms. The molecule has 1 fully saturated rings. The number of carbonyl (C=O) groups excluding carboxylic acids is 2. The van der Waals surface area contributed by atoms with Crippen LogP contribution in [0.25, 0.3) is 0 Å². The van der Waals surface area contributed by atoms with E-state index in [0.717, 1.165) is 36.2 Å². The summed E-state index contributed by atoms with van der Waals surface area (Å²) in [6.07, 6.45) is 5.21. The quantitative estimate of drug-likeness (QED) is 0.490. The Hall–Kier alpha value is -3.34. The minimum Gasteiger partial charge on any atom is -0.486 e. The van der Waals surface area contributed by atoms with E-state index in [2.05, 4.69) is 5.32 Å². The van der Waals surface area contributed by atoms with Crippen LogP contribution in [0.5, 0.6) is 11.5 Å². The first kappa shape index (κ1) is 27.7. The summed E-state index contributed by atoms with van der Waals surface area (Å²) in [6, 6.07) is 9.59. The van der Waals surface area contributed by atoms with Crippen LogP contribution in [0.2, 0.25) is 0 Å². The third kappa shape index (κ3) is 6.75. The van der Waals surface area contributed by atoms with E-state index < -0.39 is 34.3 Å². The summed E-state index contributed by atoms with van der Waals surface area (Å²) < 4.78 is 51.3. The van der Waals surface area contributed by atoms with E-state index in [4.69, 9.17) is 9.47 Å². The van der Waals surface area contributed by atoms with Crippen molar-refractivity contribution in [2.45, 2.75) is 57.7 Å². The molecule has 0 radical (unpaired) electrons. The van der Waals surface area contributed by atoms with Crippen LogP contribution < -0.4 is 19.1 Å². The Morgan fingerprint density at radius 2 is 1.71 bits per heavy atom. The number of sulfonamides is 1. The van der Waals surface area contributed by atoms with Crippen molar-refractivity contribution in [3.05, 3.63) is 53.8 Å². The largest absolute Gasteiger partial charge is 0.486 e. The lowest BCUT2D eigenvalue weighted by Crippen LogP contribution is -2.53. The topological polar surface area (TPSA) is 105 Å². The van der Waals surface area contributed by atoms with Crippen LogP contribution >= 0.6 is 0 Å². The zero-order valence-electron chi connectivity index (χ0n) is 21.7. The molecule has 9 nitrogen and oxygen atoms in total. The molecule has 4 rings (SSSR count). The van der Waals surface area contributed by atoms with Crippen LogP contribution in [-0.4, -0.2) is 63.2 Å². The highest BCUT2D eigenvalue weighted by Gasteiger charge is 2.33. The fourth-order valence-corrected chi connectivity index (χ4v) is 5.72. The molecule has 2 aliphatic rings. The second-order valence-corrected chi connectivity index (χ2v) is 11.6. The fraction of sp³-hybridized carbons (Fsp3) is 0.481. The maximum absolute atomic E-state index is 13.8. The summed E-state index contributed by atoms with van der Waals surface area (Å²) in [5.41, 5.74) is 0.868. The molecule has 1 N–H and O–H groups in total. The number of hydrogen-bond donors (Lipinski definition) is 1. The standard InChI is InChI=1S/C27H34FN3O6S/c1-3-23(27(33)29-21-6-4-5-7-21)30(17-19-8-10-20(28)11-9-19)26(32)18-31(38(2,34)35)22-12-13-24-25(16-22)37-15-14-36-24/h8-13,16,21,23H,3-7,14-15,17-18H2,1-2H3,(H,29,33)/t23-/m1/s1. The van der Waals surface area contributed by atoms with Gasteiger partial charge in [0.1, 0.15) is 31.6 Å². The van der Waals surface area contributed by atoms with Crippen molar-refractivity contribution in [2.24, 2.45) is 0 Å². The molecule has 38 heavy (non-hydrogen) atoms. The molecule has 1 atom stereocenters. The Morgan fingerprint density at radius 3 is 2.34 bits per heavy atom. The Morgan fingerprint density at radius 1 is 1.05 bits per heavy atom. The molecule has 1 heterocycles. The van der Waals surface area contributed by atoms with Crippen molar-refractivity contribution in [1.29, 1.82) is 0 Å². The molecule has 2 amide bonds. The molecule has 2 aromatic carbocycles. The van der Waals surface area contributed by atoms with Crippen molar-refractivity contribution in [1.82, 2.24) is 10.2 Å². The Balaban J connectivity index is 1.62. The molecule has 1 aliphatic carbocycles. The van der Waals surface area contributed by atoms with E-state index in [9.17, 15) is 22.4 Å². The van der Waals surface area contributed by atoms with Gasteiger partial charge in [-0.1, -0.05) is 31.9 Å². The molecule has 206 valence electrons. The predicted octanol–water partition coefficient (Wildman–Crippen LogP) is 3.23. The highest BCUT2D eigenvalue weighted by Crippen LogP contribution is 2.34. The van der Waals surface area contributed by atoms with Crippen molar-refractivity contribution in [3.63, 3.8) is 0 Å². The van der Waals surface area contributed by atoms with Crippen molar-refractivity contribution < 1.29 is 31.9 Å². The number of halogens is 1. The molecule has 0 aromatic heterocycles. The lowest BCUT2D eigenvalue weighted by Gasteiger charge is -2.33. The first-order valence-electron chi connectivity index (χ1n) is 12.9. The van der Waals surface area contributed by atoms with Gasteiger partial charge >= 0.3 is 0 Å². The van der Waals surface area contributed by atoms with Gasteiger partial charge in [-0.25, -0.2) is 12.8 Å². The predicted molar refractivity (Wildman–Crippen MR) is 141 cm³/mol. The first-order chi connectivity index (χ1) is 18.2. The fourth-order valence-electron chi connectivity index (χ4n) is 4.87. The number of nitrogens with one attached hydrogen (secondary N) is 1. The molecule has 11 heteroatoms. The highest BCUT2D eigenvalue weighted by atomic mass is 32.2.